The number of hydrogen-bond acceptors (Lipinski definition) is 6. The number of esters is 1. The van der Waals surface area contributed by atoms with Gasteiger partial charge >= 0.3 is 5.97 Å². The van der Waals surface area contributed by atoms with E-state index in [1.165, 1.54) is 0 Å². The third-order valence-electron chi connectivity index (χ3n) is 3.94. The summed E-state index contributed by atoms with van der Waals surface area (Å²) >= 11 is 0. The second kappa shape index (κ2) is 6.89. The van der Waals surface area contributed by atoms with Crippen molar-refractivity contribution in [2.24, 2.45) is 5.10 Å². The first-order chi connectivity index (χ1) is 10.9. The van der Waals surface area contributed by atoms with Gasteiger partial charge in [-0.25, -0.2) is 4.79 Å². The molecule has 0 aliphatic carbocycles. The number of carbonyl (C=O) groups excluding carboxylic acids is 1. The van der Waals surface area contributed by atoms with E-state index in [2.05, 4.69) is 17.3 Å². The highest BCUT2D eigenvalue weighted by molar-refractivity contribution is 5.86. The lowest BCUT2D eigenvalue weighted by Gasteiger charge is -2.37. The summed E-state index contributed by atoms with van der Waals surface area (Å²) in [6.07, 6.45) is 2.46. The largest absolute Gasteiger partial charge is 0.497 e. The number of hydrogen-bond donors (Lipinski definition) is 1. The zero-order valence-corrected chi connectivity index (χ0v) is 14.4. The van der Waals surface area contributed by atoms with E-state index in [9.17, 15) is 4.79 Å². The van der Waals surface area contributed by atoms with Crippen LogP contribution in [0.25, 0.3) is 0 Å². The SMILES string of the molecule is CCOC(=O)[C@@H]1C[C@](C)(/C=N/N(C)C)c2cc(OC)ccc2N1. The van der Waals surface area contributed by atoms with Gasteiger partial charge in [0.25, 0.3) is 0 Å². The fraction of sp³-hybridized carbons (Fsp3) is 0.529. The Morgan fingerprint density at radius 3 is 2.87 bits per heavy atom. The summed E-state index contributed by atoms with van der Waals surface area (Å²) in [5.41, 5.74) is 1.57. The molecule has 0 radical (unpaired) electrons. The van der Waals surface area contributed by atoms with Gasteiger partial charge in [0, 0.05) is 31.4 Å². The van der Waals surface area contributed by atoms with Crippen LogP contribution in [-0.4, -0.2) is 51.0 Å². The third kappa shape index (κ3) is 3.75. The van der Waals surface area contributed by atoms with Crippen molar-refractivity contribution in [3.05, 3.63) is 23.8 Å². The molecule has 1 aliphatic heterocycles. The second-order valence-corrected chi connectivity index (χ2v) is 6.07. The Labute approximate surface area is 137 Å². The first kappa shape index (κ1) is 17.1. The monoisotopic (exact) mass is 319 g/mol. The minimum atomic E-state index is -0.394. The van der Waals surface area contributed by atoms with E-state index in [1.807, 2.05) is 45.4 Å². The van der Waals surface area contributed by atoms with Crippen LogP contribution in [0.15, 0.2) is 23.3 Å². The zero-order valence-electron chi connectivity index (χ0n) is 14.4. The summed E-state index contributed by atoms with van der Waals surface area (Å²) in [5.74, 6) is 0.544. The van der Waals surface area contributed by atoms with E-state index in [0.29, 0.717) is 13.0 Å². The molecule has 0 amide bonds. The predicted molar refractivity (Wildman–Crippen MR) is 91.2 cm³/mol. The number of benzene rings is 1. The number of rotatable bonds is 5. The van der Waals surface area contributed by atoms with Gasteiger partial charge in [0.15, 0.2) is 0 Å². The van der Waals surface area contributed by atoms with E-state index in [1.54, 1.807) is 12.1 Å². The Balaban J connectivity index is 2.44. The fourth-order valence-corrected chi connectivity index (χ4v) is 2.77. The predicted octanol–water partition coefficient (Wildman–Crippen LogP) is 2.25. The quantitative estimate of drug-likeness (QED) is 0.512. The van der Waals surface area contributed by atoms with Crippen LogP contribution in [0.3, 0.4) is 0 Å². The van der Waals surface area contributed by atoms with Gasteiger partial charge in [0.2, 0.25) is 0 Å². The number of anilines is 1. The van der Waals surface area contributed by atoms with Crippen LogP contribution in [0.1, 0.15) is 25.8 Å². The van der Waals surface area contributed by atoms with Gasteiger partial charge in [-0.3, -0.25) is 0 Å². The van der Waals surface area contributed by atoms with Gasteiger partial charge in [0.1, 0.15) is 11.8 Å². The molecule has 1 heterocycles. The maximum absolute atomic E-state index is 12.2. The van der Waals surface area contributed by atoms with Gasteiger partial charge in [-0.1, -0.05) is 6.92 Å². The standard InChI is InChI=1S/C17H25N3O3/c1-6-23-16(21)15-10-17(2,11-18-20(3)4)13-9-12(22-5)7-8-14(13)19-15/h7-9,11,15,19H,6,10H2,1-5H3/b18-11+/t15-,17+/m0/s1. The molecule has 6 nitrogen and oxygen atoms in total. The van der Waals surface area contributed by atoms with Gasteiger partial charge in [-0.05, 0) is 37.1 Å². The molecule has 0 unspecified atom stereocenters. The topological polar surface area (TPSA) is 63.2 Å². The highest BCUT2D eigenvalue weighted by Gasteiger charge is 2.39. The Kier molecular flexibility index (Phi) is 5.13. The van der Waals surface area contributed by atoms with Crippen molar-refractivity contribution < 1.29 is 14.3 Å². The van der Waals surface area contributed by atoms with Gasteiger partial charge < -0.3 is 19.8 Å². The smallest absolute Gasteiger partial charge is 0.328 e. The van der Waals surface area contributed by atoms with Crippen molar-refractivity contribution in [2.75, 3.05) is 33.1 Å². The molecule has 0 fully saturated rings. The molecule has 1 aliphatic rings. The first-order valence-corrected chi connectivity index (χ1v) is 7.73. The summed E-state index contributed by atoms with van der Waals surface area (Å²) in [7, 11) is 5.39. The van der Waals surface area contributed by atoms with Gasteiger partial charge in [-0.2, -0.15) is 5.10 Å². The van der Waals surface area contributed by atoms with Crippen LogP contribution in [0.5, 0.6) is 5.75 Å². The van der Waals surface area contributed by atoms with Gasteiger partial charge in [-0.15, -0.1) is 0 Å². The van der Waals surface area contributed by atoms with Gasteiger partial charge in [0.05, 0.1) is 13.7 Å². The second-order valence-electron chi connectivity index (χ2n) is 6.07. The summed E-state index contributed by atoms with van der Waals surface area (Å²) < 4.78 is 10.5. The maximum atomic E-state index is 12.2. The highest BCUT2D eigenvalue weighted by atomic mass is 16.5. The molecule has 23 heavy (non-hydrogen) atoms. The summed E-state index contributed by atoms with van der Waals surface area (Å²) in [5, 5.41) is 9.41. The summed E-state index contributed by atoms with van der Waals surface area (Å²) in [6.45, 7) is 4.26. The highest BCUT2D eigenvalue weighted by Crippen LogP contribution is 2.40. The summed E-state index contributed by atoms with van der Waals surface area (Å²) in [4.78, 5) is 12.2. The van der Waals surface area contributed by atoms with Crippen LogP contribution in [0.4, 0.5) is 5.69 Å². The molecule has 126 valence electrons. The molecule has 2 rings (SSSR count). The molecule has 0 aromatic heterocycles. The van der Waals surface area contributed by atoms with Crippen LogP contribution >= 0.6 is 0 Å². The zero-order chi connectivity index (χ0) is 17.0. The number of hydrazone groups is 1. The van der Waals surface area contributed by atoms with Crippen molar-refractivity contribution >= 4 is 17.9 Å². The van der Waals surface area contributed by atoms with Crippen molar-refractivity contribution in [3.8, 4) is 5.75 Å². The molecule has 0 saturated heterocycles. The Hall–Kier alpha value is -2.24. The minimum absolute atomic E-state index is 0.238. The van der Waals surface area contributed by atoms with Crippen LogP contribution in [0, 0.1) is 0 Å². The summed E-state index contributed by atoms with van der Waals surface area (Å²) in [6, 6.07) is 5.41. The average Bonchev–Trinajstić information content (AvgIpc) is 2.53. The average molecular weight is 319 g/mol. The van der Waals surface area contributed by atoms with E-state index in [0.717, 1.165) is 17.0 Å². The molecular formula is C17H25N3O3. The lowest BCUT2D eigenvalue weighted by Crippen LogP contribution is -2.44. The van der Waals surface area contributed by atoms with Crippen molar-refractivity contribution in [1.29, 1.82) is 0 Å². The van der Waals surface area contributed by atoms with E-state index < -0.39 is 11.5 Å². The Bertz CT molecular complexity index is 601. The molecule has 1 aromatic rings. The lowest BCUT2D eigenvalue weighted by molar-refractivity contribution is -0.144. The van der Waals surface area contributed by atoms with Crippen LogP contribution < -0.4 is 10.1 Å². The van der Waals surface area contributed by atoms with Crippen LogP contribution in [0.2, 0.25) is 0 Å². The molecule has 0 saturated carbocycles. The normalized spacial score (nSPS) is 23.1. The number of methoxy groups -OCH3 is 1. The lowest BCUT2D eigenvalue weighted by atomic mass is 9.74. The molecule has 1 aromatic carbocycles. The molecular weight excluding hydrogens is 294 g/mol. The molecule has 0 spiro atoms. The van der Waals surface area contributed by atoms with Crippen LogP contribution in [-0.2, 0) is 14.9 Å². The van der Waals surface area contributed by atoms with Crippen molar-refractivity contribution in [1.82, 2.24) is 5.01 Å². The van der Waals surface area contributed by atoms with Crippen molar-refractivity contribution in [2.45, 2.75) is 31.7 Å². The number of carbonyl (C=O) groups is 1. The number of fused-ring (bicyclic) bond motifs is 1. The number of nitrogens with zero attached hydrogens (tertiary/aromatic N) is 2. The van der Waals surface area contributed by atoms with Crippen molar-refractivity contribution in [3.63, 3.8) is 0 Å². The van der Waals surface area contributed by atoms with E-state index in [-0.39, 0.29) is 5.97 Å². The van der Waals surface area contributed by atoms with E-state index in [4.69, 9.17) is 9.47 Å². The molecule has 0 bridgehead atoms. The fourth-order valence-electron chi connectivity index (χ4n) is 2.77. The molecule has 2 atom stereocenters. The molecule has 6 heteroatoms. The molecule has 1 N–H and O–H groups in total. The third-order valence-corrected chi connectivity index (χ3v) is 3.94. The maximum Gasteiger partial charge on any atom is 0.328 e. The Morgan fingerprint density at radius 2 is 2.26 bits per heavy atom. The Morgan fingerprint density at radius 1 is 1.52 bits per heavy atom. The number of nitrogens with one attached hydrogen (secondary N) is 1. The van der Waals surface area contributed by atoms with E-state index >= 15 is 0 Å². The minimum Gasteiger partial charge on any atom is -0.497 e. The first-order valence-electron chi connectivity index (χ1n) is 7.73. The number of ether oxygens (including phenoxy) is 2.